The smallest absolute Gasteiger partial charge is 0.0639 e. The molecule has 0 saturated carbocycles. The van der Waals surface area contributed by atoms with Crippen molar-refractivity contribution in [2.45, 2.75) is 32.4 Å². The lowest BCUT2D eigenvalue weighted by Crippen LogP contribution is -2.38. The molecule has 0 aromatic heterocycles. The summed E-state index contributed by atoms with van der Waals surface area (Å²) in [4.78, 5) is 2.33. The predicted molar refractivity (Wildman–Crippen MR) is 50.2 cm³/mol. The van der Waals surface area contributed by atoms with Crippen LogP contribution >= 0.6 is 0 Å². The average molecular weight is 172 g/mol. The van der Waals surface area contributed by atoms with Crippen LogP contribution in [0.25, 0.3) is 0 Å². The molecule has 0 bridgehead atoms. The maximum absolute atomic E-state index is 9.22. The van der Waals surface area contributed by atoms with Gasteiger partial charge < -0.3 is 10.4 Å². The second-order valence-electron chi connectivity index (χ2n) is 3.82. The third-order valence-corrected chi connectivity index (χ3v) is 2.20. The van der Waals surface area contributed by atoms with E-state index in [0.29, 0.717) is 6.04 Å². The Morgan fingerprint density at radius 2 is 2.42 bits per heavy atom. The zero-order chi connectivity index (χ0) is 8.97. The van der Waals surface area contributed by atoms with Crippen molar-refractivity contribution in [2.75, 3.05) is 26.2 Å². The molecule has 2 N–H and O–H groups in total. The van der Waals surface area contributed by atoms with E-state index in [1.807, 2.05) is 6.92 Å². The Balaban J connectivity index is 2.31. The van der Waals surface area contributed by atoms with Crippen LogP contribution in [0.5, 0.6) is 0 Å². The van der Waals surface area contributed by atoms with Crippen LogP contribution < -0.4 is 5.32 Å². The van der Waals surface area contributed by atoms with E-state index in [4.69, 9.17) is 0 Å². The molecule has 3 heteroatoms. The van der Waals surface area contributed by atoms with Crippen molar-refractivity contribution in [3.63, 3.8) is 0 Å². The molecule has 72 valence electrons. The Morgan fingerprint density at radius 1 is 1.67 bits per heavy atom. The molecule has 1 aliphatic rings. The number of aliphatic hydroxyl groups excluding tert-OH is 1. The first kappa shape index (κ1) is 9.96. The van der Waals surface area contributed by atoms with Crippen molar-refractivity contribution in [3.8, 4) is 0 Å². The molecule has 1 saturated heterocycles. The lowest BCUT2D eigenvalue weighted by molar-refractivity contribution is 0.126. The first-order valence-corrected chi connectivity index (χ1v) is 4.82. The fourth-order valence-electron chi connectivity index (χ4n) is 1.73. The number of β-amino-alcohol motifs (C(OH)–C–C–N with tert-alkyl or cyclic N) is 1. The summed E-state index contributed by atoms with van der Waals surface area (Å²) in [5, 5.41) is 12.6. The number of aliphatic hydroxyl groups is 1. The lowest BCUT2D eigenvalue weighted by atomic mass is 10.3. The molecular formula is C9H20N2O. The van der Waals surface area contributed by atoms with Gasteiger partial charge in [-0.05, 0) is 33.4 Å². The highest BCUT2D eigenvalue weighted by Gasteiger charge is 2.14. The standard InChI is InChI=1S/C9H20N2O/c1-8-6-11(7-9(2)12)5-3-4-10-8/h8-10,12H,3-7H2,1-2H3. The van der Waals surface area contributed by atoms with Gasteiger partial charge in [0.25, 0.3) is 0 Å². The monoisotopic (exact) mass is 172 g/mol. The number of hydrogen-bond acceptors (Lipinski definition) is 3. The third kappa shape index (κ3) is 3.52. The van der Waals surface area contributed by atoms with Gasteiger partial charge in [-0.15, -0.1) is 0 Å². The Morgan fingerprint density at radius 3 is 3.08 bits per heavy atom. The van der Waals surface area contributed by atoms with Crippen LogP contribution in [0.2, 0.25) is 0 Å². The number of hydrogen-bond donors (Lipinski definition) is 2. The van der Waals surface area contributed by atoms with Crippen molar-refractivity contribution in [1.82, 2.24) is 10.2 Å². The van der Waals surface area contributed by atoms with Crippen LogP contribution in [0.4, 0.5) is 0 Å². The summed E-state index contributed by atoms with van der Waals surface area (Å²) in [6.45, 7) is 8.14. The predicted octanol–water partition coefficient (Wildman–Crippen LogP) is 0.0510. The number of rotatable bonds is 2. The van der Waals surface area contributed by atoms with Crippen molar-refractivity contribution < 1.29 is 5.11 Å². The normalized spacial score (nSPS) is 29.8. The lowest BCUT2D eigenvalue weighted by Gasteiger charge is -2.23. The molecule has 1 aliphatic heterocycles. The van der Waals surface area contributed by atoms with Gasteiger partial charge in [0.05, 0.1) is 6.10 Å². The Kier molecular flexibility index (Phi) is 3.98. The minimum atomic E-state index is -0.199. The third-order valence-electron chi connectivity index (χ3n) is 2.20. The van der Waals surface area contributed by atoms with Gasteiger partial charge >= 0.3 is 0 Å². The molecule has 0 aliphatic carbocycles. The van der Waals surface area contributed by atoms with Gasteiger partial charge in [0, 0.05) is 19.1 Å². The van der Waals surface area contributed by atoms with Gasteiger partial charge in [0.2, 0.25) is 0 Å². The minimum absolute atomic E-state index is 0.199. The highest BCUT2D eigenvalue weighted by molar-refractivity contribution is 4.73. The van der Waals surface area contributed by atoms with E-state index >= 15 is 0 Å². The Labute approximate surface area is 74.8 Å². The summed E-state index contributed by atoms with van der Waals surface area (Å²) in [5.74, 6) is 0. The zero-order valence-corrected chi connectivity index (χ0v) is 8.08. The van der Waals surface area contributed by atoms with Crippen molar-refractivity contribution in [2.24, 2.45) is 0 Å². The van der Waals surface area contributed by atoms with Crippen molar-refractivity contribution in [1.29, 1.82) is 0 Å². The molecule has 0 aromatic carbocycles. The van der Waals surface area contributed by atoms with Gasteiger partial charge in [0.1, 0.15) is 0 Å². The minimum Gasteiger partial charge on any atom is -0.392 e. The average Bonchev–Trinajstić information content (AvgIpc) is 2.12. The van der Waals surface area contributed by atoms with Crippen molar-refractivity contribution in [3.05, 3.63) is 0 Å². The van der Waals surface area contributed by atoms with Crippen LogP contribution in [0.15, 0.2) is 0 Å². The van der Waals surface area contributed by atoms with Gasteiger partial charge in [-0.3, -0.25) is 4.90 Å². The second-order valence-corrected chi connectivity index (χ2v) is 3.82. The topological polar surface area (TPSA) is 35.5 Å². The maximum atomic E-state index is 9.22. The van der Waals surface area contributed by atoms with Crippen LogP contribution in [0.3, 0.4) is 0 Å². The van der Waals surface area contributed by atoms with Gasteiger partial charge in [-0.1, -0.05) is 0 Å². The van der Waals surface area contributed by atoms with E-state index in [2.05, 4.69) is 17.1 Å². The highest BCUT2D eigenvalue weighted by atomic mass is 16.3. The van der Waals surface area contributed by atoms with E-state index in [-0.39, 0.29) is 6.10 Å². The fourth-order valence-corrected chi connectivity index (χ4v) is 1.73. The quantitative estimate of drug-likeness (QED) is 0.618. The van der Waals surface area contributed by atoms with E-state index in [9.17, 15) is 5.11 Å². The van der Waals surface area contributed by atoms with Crippen LogP contribution in [0, 0.1) is 0 Å². The summed E-state index contributed by atoms with van der Waals surface area (Å²) < 4.78 is 0. The second kappa shape index (κ2) is 4.80. The van der Waals surface area contributed by atoms with E-state index < -0.39 is 0 Å². The Bertz CT molecular complexity index is 128. The largest absolute Gasteiger partial charge is 0.392 e. The van der Waals surface area contributed by atoms with Crippen LogP contribution in [-0.4, -0.2) is 48.3 Å². The fraction of sp³-hybridized carbons (Fsp3) is 1.00. The van der Waals surface area contributed by atoms with Gasteiger partial charge in [-0.2, -0.15) is 0 Å². The van der Waals surface area contributed by atoms with Crippen LogP contribution in [-0.2, 0) is 0 Å². The molecule has 12 heavy (non-hydrogen) atoms. The van der Waals surface area contributed by atoms with Crippen LogP contribution in [0.1, 0.15) is 20.3 Å². The van der Waals surface area contributed by atoms with E-state index in [1.165, 1.54) is 6.42 Å². The summed E-state index contributed by atoms with van der Waals surface area (Å²) in [7, 11) is 0. The summed E-state index contributed by atoms with van der Waals surface area (Å²) in [6, 6.07) is 0.561. The molecule has 1 fully saturated rings. The molecule has 2 unspecified atom stereocenters. The number of nitrogens with zero attached hydrogens (tertiary/aromatic N) is 1. The number of nitrogens with one attached hydrogen (secondary N) is 1. The Hall–Kier alpha value is -0.120. The molecule has 3 nitrogen and oxygen atoms in total. The van der Waals surface area contributed by atoms with Gasteiger partial charge in [-0.25, -0.2) is 0 Å². The molecule has 1 heterocycles. The molecular weight excluding hydrogens is 152 g/mol. The summed E-state index contributed by atoms with van der Waals surface area (Å²) >= 11 is 0. The van der Waals surface area contributed by atoms with E-state index in [1.54, 1.807) is 0 Å². The summed E-state index contributed by atoms with van der Waals surface area (Å²) in [5.41, 5.74) is 0. The first-order valence-electron chi connectivity index (χ1n) is 4.82. The highest BCUT2D eigenvalue weighted by Crippen LogP contribution is 2.00. The summed E-state index contributed by atoms with van der Waals surface area (Å²) in [6.07, 6.45) is 0.993. The molecule has 2 atom stereocenters. The molecule has 0 spiro atoms. The van der Waals surface area contributed by atoms with Crippen molar-refractivity contribution >= 4 is 0 Å². The zero-order valence-electron chi connectivity index (χ0n) is 8.08. The first-order chi connectivity index (χ1) is 5.68. The molecule has 0 amide bonds. The molecule has 0 radical (unpaired) electrons. The SMILES string of the molecule is CC(O)CN1CCCNC(C)C1. The molecule has 1 rings (SSSR count). The maximum Gasteiger partial charge on any atom is 0.0639 e. The molecule has 0 aromatic rings. The van der Waals surface area contributed by atoms with E-state index in [0.717, 1.165) is 26.2 Å². The van der Waals surface area contributed by atoms with Gasteiger partial charge in [0.15, 0.2) is 0 Å².